The van der Waals surface area contributed by atoms with Crippen LogP contribution in [0.25, 0.3) is 0 Å². The number of aliphatic hydroxyl groups is 4. The molecule has 0 spiro atoms. The lowest BCUT2D eigenvalue weighted by Gasteiger charge is -2.21. The van der Waals surface area contributed by atoms with Crippen LogP contribution in [0.3, 0.4) is 0 Å². The smallest absolute Gasteiger partial charge is 0.0482 e. The highest BCUT2D eigenvalue weighted by Gasteiger charge is 2.18. The average molecular weight is 631 g/mol. The first-order valence-electron chi connectivity index (χ1n) is 15.6. The van der Waals surface area contributed by atoms with Crippen LogP contribution in [0.5, 0.6) is 0 Å². The number of hydrogen-bond donors (Lipinski definition) is 6. The van der Waals surface area contributed by atoms with Crippen LogP contribution in [0.15, 0.2) is 0 Å². The van der Waals surface area contributed by atoms with E-state index in [2.05, 4.69) is 55.4 Å². The Morgan fingerprint density at radius 3 is 0.951 bits per heavy atom. The van der Waals surface area contributed by atoms with Gasteiger partial charge in [-0.3, -0.25) is 14.7 Å². The van der Waals surface area contributed by atoms with Crippen molar-refractivity contribution < 1.29 is 35.1 Å². The number of thioether (sulfide) groups is 1. The van der Waals surface area contributed by atoms with E-state index in [1.54, 1.807) is 0 Å². The third kappa shape index (κ3) is 33.0. The van der Waals surface area contributed by atoms with Gasteiger partial charge in [0.15, 0.2) is 0 Å². The molecule has 0 aromatic heterocycles. The summed E-state index contributed by atoms with van der Waals surface area (Å²) in [5.74, 6) is 4.05. The summed E-state index contributed by atoms with van der Waals surface area (Å²) in [6.45, 7) is 17.8. The maximum absolute atomic E-state index is 11.8. The van der Waals surface area contributed by atoms with Gasteiger partial charge in [-0.25, -0.2) is 0 Å². The Morgan fingerprint density at radius 1 is 0.463 bits per heavy atom. The topological polar surface area (TPSA) is 138 Å². The van der Waals surface area contributed by atoms with Gasteiger partial charge in [0.05, 0.1) is 0 Å². The highest BCUT2D eigenvalue weighted by atomic mass is 32.2. The maximum atomic E-state index is 11.8. The minimum Gasteiger partial charge on any atom is -0.396 e. The fourth-order valence-corrected chi connectivity index (χ4v) is 6.15. The van der Waals surface area contributed by atoms with E-state index in [1.165, 1.54) is 37.2 Å². The first kappa shape index (κ1) is 45.7. The fourth-order valence-electron chi connectivity index (χ4n) is 3.87. The van der Waals surface area contributed by atoms with E-state index in [9.17, 15) is 4.21 Å². The molecule has 0 saturated heterocycles. The Morgan fingerprint density at radius 2 is 0.707 bits per heavy atom. The van der Waals surface area contributed by atoms with Gasteiger partial charge >= 0.3 is 0 Å². The van der Waals surface area contributed by atoms with Crippen molar-refractivity contribution in [1.29, 1.82) is 0 Å². The molecule has 0 bridgehead atoms. The summed E-state index contributed by atoms with van der Waals surface area (Å²) < 4.78 is 11.8. The Bertz CT molecular complexity index is 549. The monoisotopic (exact) mass is 630 g/mol. The third-order valence-corrected chi connectivity index (χ3v) is 10.1. The molecule has 0 fully saturated rings. The minimum absolute atomic E-state index is 0.00261. The van der Waals surface area contributed by atoms with E-state index in [0.717, 1.165) is 62.9 Å². The molecule has 0 aliphatic heterocycles. The van der Waals surface area contributed by atoms with Gasteiger partial charge in [-0.1, -0.05) is 81.1 Å². The number of rotatable bonds is 24. The predicted octanol–water partition coefficient (Wildman–Crippen LogP) is 7.23. The summed E-state index contributed by atoms with van der Waals surface area (Å²) in [6.07, 6.45) is 13.2. The Kier molecular flexibility index (Phi) is 29.7. The van der Waals surface area contributed by atoms with Crippen molar-refractivity contribution in [1.82, 2.24) is 0 Å². The normalized spacial score (nSPS) is 12.6. The van der Waals surface area contributed by atoms with Crippen molar-refractivity contribution >= 4 is 22.6 Å². The fraction of sp³-hybridized carbons (Fsp3) is 1.00. The average Bonchev–Trinajstić information content (AvgIpc) is 2.94. The lowest BCUT2D eigenvalue weighted by atomic mass is 9.88. The molecule has 0 aliphatic carbocycles. The molecule has 0 amide bonds. The van der Waals surface area contributed by atoms with E-state index in [4.69, 9.17) is 30.9 Å². The van der Waals surface area contributed by atoms with Crippen molar-refractivity contribution in [3.05, 3.63) is 0 Å². The van der Waals surface area contributed by atoms with Gasteiger partial charge in [0.2, 0.25) is 0 Å². The van der Waals surface area contributed by atoms with Crippen molar-refractivity contribution in [2.45, 2.75) is 132 Å². The standard InChI is InChI=1S/C16H34O3S.C16H34O2S.H2O2/c1-15(2,13-17)9-5-7-11-20(19)12-8-6-10-16(3,4)14-18;1-15(2,13-17)9-5-7-11-19-12-8-6-10-16(3,4)14-18;1-2/h17-18H,5-14H2,1-4H3;17-18H,5-14H2,1-4H3;1-2H. The molecule has 0 aromatic carbocycles. The minimum atomic E-state index is -0.705. The molecule has 41 heavy (non-hydrogen) atoms. The Hall–Kier alpha value is 0.260. The molecule has 9 heteroatoms. The Labute approximate surface area is 260 Å². The summed E-state index contributed by atoms with van der Waals surface area (Å²) in [7, 11) is -0.705. The van der Waals surface area contributed by atoms with Gasteiger partial charge in [0, 0.05) is 48.7 Å². The second-order valence-corrected chi connectivity index (χ2v) is 17.5. The molecule has 0 rings (SSSR count). The van der Waals surface area contributed by atoms with Gasteiger partial charge in [-0.2, -0.15) is 11.8 Å². The van der Waals surface area contributed by atoms with Crippen molar-refractivity contribution in [2.75, 3.05) is 49.4 Å². The van der Waals surface area contributed by atoms with Crippen LogP contribution in [-0.4, -0.2) is 84.6 Å². The first-order chi connectivity index (χ1) is 19.1. The molecule has 0 atom stereocenters. The molecule has 0 radical (unpaired) electrons. The molecule has 0 heterocycles. The molecule has 0 aromatic rings. The molecule has 0 unspecified atom stereocenters. The lowest BCUT2D eigenvalue weighted by Crippen LogP contribution is -2.17. The summed E-state index contributed by atoms with van der Waals surface area (Å²) in [4.78, 5) is 0. The van der Waals surface area contributed by atoms with Crippen LogP contribution in [0.1, 0.15) is 132 Å². The summed E-state index contributed by atoms with van der Waals surface area (Å²) in [5, 5.41) is 48.6. The molecule has 6 N–H and O–H groups in total. The first-order valence-corrected chi connectivity index (χ1v) is 18.3. The van der Waals surface area contributed by atoms with E-state index in [0.29, 0.717) is 13.2 Å². The van der Waals surface area contributed by atoms with E-state index < -0.39 is 10.8 Å². The highest BCUT2D eigenvalue weighted by Crippen LogP contribution is 2.25. The SMILES string of the molecule is CC(C)(CO)CCCCS(=O)CCCCC(C)(C)CO.CC(C)(CO)CCCCSCCCCC(C)(C)CO.OO. The van der Waals surface area contributed by atoms with Crippen LogP contribution >= 0.6 is 11.8 Å². The maximum Gasteiger partial charge on any atom is 0.0482 e. The van der Waals surface area contributed by atoms with Crippen LogP contribution in [0, 0.1) is 21.7 Å². The molecule has 7 nitrogen and oxygen atoms in total. The van der Waals surface area contributed by atoms with Crippen LogP contribution in [0.2, 0.25) is 0 Å². The van der Waals surface area contributed by atoms with Crippen LogP contribution in [-0.2, 0) is 10.8 Å². The summed E-state index contributed by atoms with van der Waals surface area (Å²) >= 11 is 2.04. The largest absolute Gasteiger partial charge is 0.396 e. The zero-order valence-corrected chi connectivity index (χ0v) is 29.7. The van der Waals surface area contributed by atoms with Gasteiger partial charge < -0.3 is 20.4 Å². The van der Waals surface area contributed by atoms with E-state index >= 15 is 0 Å². The van der Waals surface area contributed by atoms with Crippen LogP contribution < -0.4 is 0 Å². The van der Waals surface area contributed by atoms with Gasteiger partial charge in [0.25, 0.3) is 0 Å². The zero-order valence-electron chi connectivity index (χ0n) is 28.1. The van der Waals surface area contributed by atoms with Gasteiger partial charge in [-0.15, -0.1) is 0 Å². The quantitative estimate of drug-likeness (QED) is 0.0373. The van der Waals surface area contributed by atoms with Gasteiger partial charge in [0.1, 0.15) is 0 Å². The van der Waals surface area contributed by atoms with Crippen molar-refractivity contribution in [3.63, 3.8) is 0 Å². The number of aliphatic hydroxyl groups excluding tert-OH is 4. The number of unbranched alkanes of at least 4 members (excludes halogenated alkanes) is 4. The lowest BCUT2D eigenvalue weighted by molar-refractivity contribution is -0.176. The van der Waals surface area contributed by atoms with Crippen molar-refractivity contribution in [2.24, 2.45) is 21.7 Å². The molecular formula is C32H70O7S2. The second kappa shape index (κ2) is 26.6. The highest BCUT2D eigenvalue weighted by molar-refractivity contribution is 7.99. The Balaban J connectivity index is -0.000000664. The molecular weight excluding hydrogens is 560 g/mol. The molecule has 0 saturated carbocycles. The van der Waals surface area contributed by atoms with Crippen LogP contribution in [0.4, 0.5) is 0 Å². The van der Waals surface area contributed by atoms with E-state index in [1.807, 2.05) is 11.8 Å². The molecule has 0 aliphatic rings. The van der Waals surface area contributed by atoms with Crippen molar-refractivity contribution in [3.8, 4) is 0 Å². The second-order valence-electron chi connectivity index (χ2n) is 14.6. The molecule has 252 valence electrons. The zero-order chi connectivity index (χ0) is 32.4. The third-order valence-electron chi connectivity index (χ3n) is 7.45. The summed E-state index contributed by atoms with van der Waals surface area (Å²) in [5.41, 5.74) is 0.190. The number of hydrogen-bond acceptors (Lipinski definition) is 8. The van der Waals surface area contributed by atoms with Gasteiger partial charge in [-0.05, 0) is 84.5 Å². The van der Waals surface area contributed by atoms with E-state index in [-0.39, 0.29) is 34.9 Å². The summed E-state index contributed by atoms with van der Waals surface area (Å²) in [6, 6.07) is 0. The predicted molar refractivity (Wildman–Crippen MR) is 179 cm³/mol.